The summed E-state index contributed by atoms with van der Waals surface area (Å²) < 4.78 is 7.51. The molecule has 0 saturated heterocycles. The first-order chi connectivity index (χ1) is 16.7. The summed E-state index contributed by atoms with van der Waals surface area (Å²) in [6, 6.07) is 18.7. The fraction of sp³-hybridized carbons (Fsp3) is 0.346. The first kappa shape index (κ1) is 24.7. The molecular weight excluding hydrogens is 460 g/mol. The van der Waals surface area contributed by atoms with E-state index in [9.17, 15) is 4.79 Å². The van der Waals surface area contributed by atoms with E-state index in [0.29, 0.717) is 17.6 Å². The van der Waals surface area contributed by atoms with Gasteiger partial charge >= 0.3 is 6.01 Å². The molecule has 0 bridgehead atoms. The molecule has 0 saturated carbocycles. The molecule has 2 aromatic carbocycles. The van der Waals surface area contributed by atoms with Crippen molar-refractivity contribution in [3.8, 4) is 11.4 Å². The molecule has 0 unspecified atom stereocenters. The van der Waals surface area contributed by atoms with Crippen molar-refractivity contribution in [1.82, 2.24) is 25.0 Å². The van der Waals surface area contributed by atoms with Crippen LogP contribution in [0.1, 0.15) is 57.6 Å². The van der Waals surface area contributed by atoms with Crippen molar-refractivity contribution >= 4 is 23.7 Å². The molecule has 2 heterocycles. The minimum atomic E-state index is -0.251. The summed E-state index contributed by atoms with van der Waals surface area (Å²) in [5.74, 6) is 1.22. The van der Waals surface area contributed by atoms with E-state index in [1.54, 1.807) is 0 Å². The number of carbonyl (C=O) groups is 1. The lowest BCUT2D eigenvalue weighted by atomic mass is 9.87. The maximum atomic E-state index is 12.5. The number of carbonyl (C=O) groups excluding carboxylic acids is 1. The van der Waals surface area contributed by atoms with Crippen molar-refractivity contribution in [3.05, 3.63) is 71.6 Å². The molecule has 4 aromatic rings. The van der Waals surface area contributed by atoms with Gasteiger partial charge in [0.1, 0.15) is 0 Å². The molecule has 0 radical (unpaired) electrons. The number of nitrogens with zero attached hydrogens (tertiary/aromatic N) is 5. The number of aromatic nitrogens is 5. The van der Waals surface area contributed by atoms with Crippen LogP contribution >= 0.6 is 11.8 Å². The van der Waals surface area contributed by atoms with Crippen LogP contribution in [-0.2, 0) is 16.8 Å². The number of nitrogens with one attached hydrogen (secondary N) is 1. The molecule has 0 aliphatic rings. The lowest BCUT2D eigenvalue weighted by molar-refractivity contribution is -0.113. The van der Waals surface area contributed by atoms with Gasteiger partial charge < -0.3 is 4.42 Å². The lowest BCUT2D eigenvalue weighted by Crippen LogP contribution is -2.15. The number of hydrogen-bond donors (Lipinski definition) is 1. The normalized spacial score (nSPS) is 11.7. The SMILES string of the molecule is CC(C)c1nnc(NC(=O)CSc2nnc(-c3ccc(C(C)(C)C)cc3)n2Cc2ccccc2)o1. The standard InChI is InChI=1S/C26H30N6O2S/c1-17(2)23-29-30-24(34-23)27-21(33)16-35-25-31-28-22(32(25)15-18-9-7-6-8-10-18)19-11-13-20(14-12-19)26(3,4)5/h6-14,17H,15-16H2,1-5H3,(H,27,30,33). The molecule has 0 fully saturated rings. The van der Waals surface area contributed by atoms with Crippen LogP contribution in [0.5, 0.6) is 0 Å². The first-order valence-electron chi connectivity index (χ1n) is 11.5. The van der Waals surface area contributed by atoms with E-state index in [1.165, 1.54) is 17.3 Å². The summed E-state index contributed by atoms with van der Waals surface area (Å²) in [5.41, 5.74) is 3.42. The fourth-order valence-electron chi connectivity index (χ4n) is 3.44. The highest BCUT2D eigenvalue weighted by atomic mass is 32.2. The third-order valence-electron chi connectivity index (χ3n) is 5.42. The van der Waals surface area contributed by atoms with E-state index in [4.69, 9.17) is 4.42 Å². The number of benzene rings is 2. The van der Waals surface area contributed by atoms with Gasteiger partial charge in [0.15, 0.2) is 11.0 Å². The molecule has 35 heavy (non-hydrogen) atoms. The van der Waals surface area contributed by atoms with Crippen molar-refractivity contribution in [3.63, 3.8) is 0 Å². The summed E-state index contributed by atoms with van der Waals surface area (Å²) >= 11 is 1.32. The Hall–Kier alpha value is -3.46. The van der Waals surface area contributed by atoms with Crippen molar-refractivity contribution in [2.24, 2.45) is 0 Å². The highest BCUT2D eigenvalue weighted by Crippen LogP contribution is 2.28. The number of thioether (sulfide) groups is 1. The average Bonchev–Trinajstić information content (AvgIpc) is 3.45. The Bertz CT molecular complexity index is 1270. The van der Waals surface area contributed by atoms with E-state index < -0.39 is 0 Å². The fourth-order valence-corrected chi connectivity index (χ4v) is 4.18. The Kier molecular flexibility index (Phi) is 7.35. The van der Waals surface area contributed by atoms with E-state index in [2.05, 4.69) is 82.9 Å². The van der Waals surface area contributed by atoms with Crippen LogP contribution in [0.15, 0.2) is 64.2 Å². The van der Waals surface area contributed by atoms with Crippen LogP contribution < -0.4 is 5.32 Å². The summed E-state index contributed by atoms with van der Waals surface area (Å²) in [6.45, 7) is 11.1. The average molecular weight is 491 g/mol. The number of hydrogen-bond acceptors (Lipinski definition) is 7. The molecule has 182 valence electrons. The first-order valence-corrected chi connectivity index (χ1v) is 12.5. The molecular formula is C26H30N6O2S. The van der Waals surface area contributed by atoms with Gasteiger partial charge in [-0.05, 0) is 16.5 Å². The van der Waals surface area contributed by atoms with Crippen LogP contribution in [0.4, 0.5) is 6.01 Å². The molecule has 0 atom stereocenters. The highest BCUT2D eigenvalue weighted by molar-refractivity contribution is 7.99. The smallest absolute Gasteiger partial charge is 0.322 e. The third kappa shape index (κ3) is 6.16. The van der Waals surface area contributed by atoms with Crippen LogP contribution in [0.3, 0.4) is 0 Å². The minimum absolute atomic E-state index is 0.0684. The molecule has 9 heteroatoms. The molecule has 1 amide bonds. The van der Waals surface area contributed by atoms with Gasteiger partial charge in [0.05, 0.1) is 12.3 Å². The third-order valence-corrected chi connectivity index (χ3v) is 6.39. The Morgan fingerprint density at radius 1 is 1.00 bits per heavy atom. The molecule has 2 aromatic heterocycles. The maximum Gasteiger partial charge on any atom is 0.322 e. The summed E-state index contributed by atoms with van der Waals surface area (Å²) in [7, 11) is 0. The van der Waals surface area contributed by atoms with Gasteiger partial charge in [-0.1, -0.05) is 106 Å². The van der Waals surface area contributed by atoms with E-state index in [0.717, 1.165) is 17.0 Å². The van der Waals surface area contributed by atoms with Crippen molar-refractivity contribution in [2.45, 2.75) is 57.7 Å². The van der Waals surface area contributed by atoms with Crippen LogP contribution in [0.25, 0.3) is 11.4 Å². The Morgan fingerprint density at radius 2 is 1.71 bits per heavy atom. The Morgan fingerprint density at radius 3 is 2.34 bits per heavy atom. The van der Waals surface area contributed by atoms with Gasteiger partial charge in [-0.2, -0.15) is 0 Å². The van der Waals surface area contributed by atoms with Gasteiger partial charge in [-0.25, -0.2) is 0 Å². The lowest BCUT2D eigenvalue weighted by Gasteiger charge is -2.19. The number of rotatable bonds is 8. The van der Waals surface area contributed by atoms with Crippen molar-refractivity contribution in [1.29, 1.82) is 0 Å². The Labute approximate surface area is 209 Å². The molecule has 0 aliphatic heterocycles. The van der Waals surface area contributed by atoms with Crippen molar-refractivity contribution in [2.75, 3.05) is 11.1 Å². The quantitative estimate of drug-likeness (QED) is 0.324. The molecule has 8 nitrogen and oxygen atoms in total. The van der Waals surface area contributed by atoms with Crippen LogP contribution in [-0.4, -0.2) is 36.6 Å². The van der Waals surface area contributed by atoms with Crippen molar-refractivity contribution < 1.29 is 9.21 Å². The van der Waals surface area contributed by atoms with Crippen LogP contribution in [0, 0.1) is 0 Å². The maximum absolute atomic E-state index is 12.5. The van der Waals surface area contributed by atoms with E-state index in [-0.39, 0.29) is 29.0 Å². The largest absolute Gasteiger partial charge is 0.408 e. The number of amides is 1. The predicted molar refractivity (Wildman–Crippen MR) is 137 cm³/mol. The zero-order valence-electron chi connectivity index (χ0n) is 20.6. The minimum Gasteiger partial charge on any atom is -0.408 e. The van der Waals surface area contributed by atoms with E-state index >= 15 is 0 Å². The van der Waals surface area contributed by atoms with Crippen LogP contribution in [0.2, 0.25) is 0 Å². The van der Waals surface area contributed by atoms with Gasteiger partial charge in [-0.15, -0.1) is 15.3 Å². The summed E-state index contributed by atoms with van der Waals surface area (Å²) in [6.07, 6.45) is 0. The molecule has 0 aliphatic carbocycles. The second kappa shape index (κ2) is 10.4. The zero-order chi connectivity index (χ0) is 25.0. The second-order valence-corrected chi connectivity index (χ2v) is 10.6. The summed E-state index contributed by atoms with van der Waals surface area (Å²) in [4.78, 5) is 12.5. The molecule has 4 rings (SSSR count). The van der Waals surface area contributed by atoms with Gasteiger partial charge in [0.25, 0.3) is 0 Å². The molecule has 0 spiro atoms. The van der Waals surface area contributed by atoms with Gasteiger partial charge in [0, 0.05) is 11.5 Å². The summed E-state index contributed by atoms with van der Waals surface area (Å²) in [5, 5.41) is 20.0. The van der Waals surface area contributed by atoms with E-state index in [1.807, 2.05) is 36.6 Å². The zero-order valence-corrected chi connectivity index (χ0v) is 21.5. The topological polar surface area (TPSA) is 98.7 Å². The monoisotopic (exact) mass is 490 g/mol. The van der Waals surface area contributed by atoms with Gasteiger partial charge in [-0.3, -0.25) is 14.7 Å². The predicted octanol–water partition coefficient (Wildman–Crippen LogP) is 5.53. The second-order valence-electron chi connectivity index (χ2n) is 9.64. The van der Waals surface area contributed by atoms with Gasteiger partial charge in [0.2, 0.25) is 11.8 Å². The molecule has 1 N–H and O–H groups in total. The number of anilines is 1. The Balaban J connectivity index is 1.54. The highest BCUT2D eigenvalue weighted by Gasteiger charge is 2.19.